The van der Waals surface area contributed by atoms with Gasteiger partial charge in [0.15, 0.2) is 0 Å². The van der Waals surface area contributed by atoms with E-state index < -0.39 is 12.2 Å². The SMILES string of the molecule is COC(OC)C([NH])=O. The lowest BCUT2D eigenvalue weighted by Gasteiger charge is -2.05. The summed E-state index contributed by atoms with van der Waals surface area (Å²) in [6.07, 6.45) is -1.02. The Labute approximate surface area is 47.6 Å². The number of amides is 1. The molecule has 0 aliphatic heterocycles. The van der Waals surface area contributed by atoms with Gasteiger partial charge in [0.1, 0.15) is 0 Å². The molecule has 0 saturated heterocycles. The molecule has 0 fully saturated rings. The molecule has 1 amide bonds. The molecule has 0 bridgehead atoms. The minimum absolute atomic E-state index is 0.866. The van der Waals surface area contributed by atoms with Gasteiger partial charge in [0.2, 0.25) is 6.29 Å². The van der Waals surface area contributed by atoms with E-state index in [0.717, 1.165) is 0 Å². The highest BCUT2D eigenvalue weighted by Gasteiger charge is 2.11. The first-order valence-electron chi connectivity index (χ1n) is 2.03. The molecule has 4 nitrogen and oxygen atoms in total. The Balaban J connectivity index is 3.52. The Morgan fingerprint density at radius 3 is 1.88 bits per heavy atom. The summed E-state index contributed by atoms with van der Waals surface area (Å²) in [6.45, 7) is 0. The molecule has 0 saturated carbocycles. The van der Waals surface area contributed by atoms with Crippen LogP contribution in [0.4, 0.5) is 0 Å². The topological polar surface area (TPSA) is 59.3 Å². The Kier molecular flexibility index (Phi) is 3.14. The maximum absolute atomic E-state index is 10.0. The van der Waals surface area contributed by atoms with Crippen molar-refractivity contribution in [1.29, 1.82) is 0 Å². The van der Waals surface area contributed by atoms with Crippen LogP contribution in [-0.4, -0.2) is 26.4 Å². The van der Waals surface area contributed by atoms with Gasteiger partial charge in [-0.1, -0.05) is 0 Å². The van der Waals surface area contributed by atoms with E-state index in [-0.39, 0.29) is 0 Å². The first-order valence-corrected chi connectivity index (χ1v) is 2.03. The minimum Gasteiger partial charge on any atom is -0.348 e. The van der Waals surface area contributed by atoms with Crippen LogP contribution in [0.5, 0.6) is 0 Å². The van der Waals surface area contributed by atoms with Gasteiger partial charge in [0, 0.05) is 14.2 Å². The van der Waals surface area contributed by atoms with E-state index in [1.807, 2.05) is 0 Å². The highest BCUT2D eigenvalue weighted by molar-refractivity contribution is 5.76. The number of carbonyl (C=O) groups is 1. The number of methoxy groups -OCH3 is 2. The van der Waals surface area contributed by atoms with E-state index in [4.69, 9.17) is 5.73 Å². The third-order valence-electron chi connectivity index (χ3n) is 0.642. The summed E-state index contributed by atoms with van der Waals surface area (Å²) < 4.78 is 8.80. The van der Waals surface area contributed by atoms with Crippen molar-refractivity contribution in [1.82, 2.24) is 5.73 Å². The van der Waals surface area contributed by atoms with Crippen LogP contribution in [0.15, 0.2) is 0 Å². The molecule has 0 spiro atoms. The molecule has 0 aromatic carbocycles. The summed E-state index contributed by atoms with van der Waals surface area (Å²) in [5, 5.41) is 0. The number of ether oxygens (including phenoxy) is 2. The average molecular weight is 118 g/mol. The van der Waals surface area contributed by atoms with Crippen molar-refractivity contribution in [2.24, 2.45) is 0 Å². The predicted octanol–water partition coefficient (Wildman–Crippen LogP) is -0.585. The van der Waals surface area contributed by atoms with E-state index in [1.165, 1.54) is 14.2 Å². The minimum atomic E-state index is -1.02. The van der Waals surface area contributed by atoms with Gasteiger partial charge < -0.3 is 9.47 Å². The van der Waals surface area contributed by atoms with Crippen LogP contribution in [0, 0.1) is 0 Å². The first kappa shape index (κ1) is 7.39. The fourth-order valence-electron chi connectivity index (χ4n) is 0.310. The number of rotatable bonds is 3. The molecule has 0 aromatic rings. The van der Waals surface area contributed by atoms with Crippen molar-refractivity contribution < 1.29 is 14.3 Å². The maximum atomic E-state index is 10.0. The van der Waals surface area contributed by atoms with Crippen LogP contribution < -0.4 is 5.73 Å². The van der Waals surface area contributed by atoms with Gasteiger partial charge in [-0.15, -0.1) is 0 Å². The second kappa shape index (κ2) is 3.40. The fraction of sp³-hybridized carbons (Fsp3) is 0.750. The van der Waals surface area contributed by atoms with Crippen LogP contribution in [0.25, 0.3) is 0 Å². The molecule has 47 valence electrons. The molecule has 4 heteroatoms. The Bertz CT molecular complexity index is 79.4. The lowest BCUT2D eigenvalue weighted by atomic mass is 10.6. The summed E-state index contributed by atoms with van der Waals surface area (Å²) in [7, 11) is 2.61. The fourth-order valence-corrected chi connectivity index (χ4v) is 0.310. The third kappa shape index (κ3) is 1.90. The molecule has 8 heavy (non-hydrogen) atoms. The molecular weight excluding hydrogens is 110 g/mol. The number of hydrogen-bond donors (Lipinski definition) is 0. The molecule has 1 N–H and O–H groups in total. The zero-order valence-electron chi connectivity index (χ0n) is 4.80. The van der Waals surface area contributed by atoms with Crippen LogP contribution in [0.3, 0.4) is 0 Å². The van der Waals surface area contributed by atoms with Gasteiger partial charge in [-0.2, -0.15) is 0 Å². The predicted molar refractivity (Wildman–Crippen MR) is 25.9 cm³/mol. The van der Waals surface area contributed by atoms with E-state index in [2.05, 4.69) is 9.47 Å². The first-order chi connectivity index (χ1) is 3.72. The quantitative estimate of drug-likeness (QED) is 0.465. The molecule has 0 unspecified atom stereocenters. The van der Waals surface area contributed by atoms with E-state index in [1.54, 1.807) is 0 Å². The molecule has 0 aliphatic carbocycles. The van der Waals surface area contributed by atoms with Crippen molar-refractivity contribution in [3.8, 4) is 0 Å². The van der Waals surface area contributed by atoms with Crippen molar-refractivity contribution in [2.45, 2.75) is 6.29 Å². The maximum Gasteiger partial charge on any atom is 0.295 e. The van der Waals surface area contributed by atoms with Crippen LogP contribution in [0.2, 0.25) is 0 Å². The Hall–Kier alpha value is -0.610. The molecule has 0 aliphatic rings. The van der Waals surface area contributed by atoms with Gasteiger partial charge in [0.25, 0.3) is 5.91 Å². The molecule has 1 radical (unpaired) electrons. The molecule has 0 atom stereocenters. The van der Waals surface area contributed by atoms with Crippen molar-refractivity contribution in [3.05, 3.63) is 0 Å². The summed E-state index contributed by atoms with van der Waals surface area (Å²) in [4.78, 5) is 10.0. The van der Waals surface area contributed by atoms with Gasteiger partial charge in [-0.25, -0.2) is 0 Å². The second-order valence-corrected chi connectivity index (χ2v) is 1.17. The average Bonchev–Trinajstić information content (AvgIpc) is 1.69. The Morgan fingerprint density at radius 1 is 1.50 bits per heavy atom. The van der Waals surface area contributed by atoms with Gasteiger partial charge in [-0.05, 0) is 0 Å². The smallest absolute Gasteiger partial charge is 0.295 e. The van der Waals surface area contributed by atoms with E-state index >= 15 is 0 Å². The standard InChI is InChI=1S/C4H8NO3/c1-7-4(8-2)3(5)6/h4-5H,1-2H3. The largest absolute Gasteiger partial charge is 0.348 e. The lowest BCUT2D eigenvalue weighted by Crippen LogP contribution is -2.25. The van der Waals surface area contributed by atoms with Crippen LogP contribution >= 0.6 is 0 Å². The summed E-state index contributed by atoms with van der Waals surface area (Å²) in [6, 6.07) is 0. The highest BCUT2D eigenvalue weighted by atomic mass is 16.7. The molecule has 0 heterocycles. The summed E-state index contributed by atoms with van der Waals surface area (Å²) >= 11 is 0. The van der Waals surface area contributed by atoms with E-state index in [9.17, 15) is 4.79 Å². The van der Waals surface area contributed by atoms with Crippen molar-refractivity contribution in [2.75, 3.05) is 14.2 Å². The zero-order valence-corrected chi connectivity index (χ0v) is 4.80. The summed E-state index contributed by atoms with van der Waals surface area (Å²) in [5.41, 5.74) is 6.45. The molecule has 0 aromatic heterocycles. The normalized spacial score (nSPS) is 9.88. The monoisotopic (exact) mass is 118 g/mol. The number of carbonyl (C=O) groups excluding carboxylic acids is 1. The van der Waals surface area contributed by atoms with Crippen molar-refractivity contribution >= 4 is 5.91 Å². The molecular formula is C4H8NO3. The third-order valence-corrected chi connectivity index (χ3v) is 0.642. The van der Waals surface area contributed by atoms with Gasteiger partial charge >= 0.3 is 0 Å². The van der Waals surface area contributed by atoms with Gasteiger partial charge in [0.05, 0.1) is 0 Å². The summed E-state index contributed by atoms with van der Waals surface area (Å²) in [5.74, 6) is -0.866. The van der Waals surface area contributed by atoms with E-state index in [0.29, 0.717) is 0 Å². The highest BCUT2D eigenvalue weighted by Crippen LogP contribution is 1.86. The zero-order chi connectivity index (χ0) is 6.57. The Morgan fingerprint density at radius 2 is 1.88 bits per heavy atom. The molecule has 0 rings (SSSR count). The van der Waals surface area contributed by atoms with Gasteiger partial charge in [-0.3, -0.25) is 10.5 Å². The number of hydrogen-bond acceptors (Lipinski definition) is 3. The van der Waals surface area contributed by atoms with Crippen LogP contribution in [0.1, 0.15) is 0 Å². The van der Waals surface area contributed by atoms with Crippen LogP contribution in [-0.2, 0) is 14.3 Å². The number of nitrogens with one attached hydrogen (secondary N) is 1. The second-order valence-electron chi connectivity index (χ2n) is 1.17. The lowest BCUT2D eigenvalue weighted by molar-refractivity contribution is -0.156. The van der Waals surface area contributed by atoms with Crippen molar-refractivity contribution in [3.63, 3.8) is 0 Å².